The summed E-state index contributed by atoms with van der Waals surface area (Å²) < 4.78 is 28.7. The van der Waals surface area contributed by atoms with Crippen LogP contribution in [-0.2, 0) is 13.6 Å². The van der Waals surface area contributed by atoms with Crippen LogP contribution in [0, 0.1) is 17.6 Å². The Hall–Kier alpha value is -2.95. The third-order valence-corrected chi connectivity index (χ3v) is 5.13. The zero-order valence-corrected chi connectivity index (χ0v) is 16.8. The first-order valence-corrected chi connectivity index (χ1v) is 9.68. The lowest BCUT2D eigenvalue weighted by Crippen LogP contribution is -2.43. The number of nitrogen functional groups attached to an aromatic ring is 1. The van der Waals surface area contributed by atoms with Gasteiger partial charge in [-0.2, -0.15) is 0 Å². The van der Waals surface area contributed by atoms with E-state index in [0.29, 0.717) is 0 Å². The van der Waals surface area contributed by atoms with E-state index in [1.54, 1.807) is 0 Å². The fourth-order valence-electron chi connectivity index (χ4n) is 2.84. The number of H-pyrrole nitrogens is 1. The SMILES string of the molecule is CC(C)Cn1c(N)c(C(=O)CSc2nc3cc(F)c(F)cc3[nH]2)c(=O)n(C)c1=O. The minimum Gasteiger partial charge on any atom is -0.384 e. The van der Waals surface area contributed by atoms with Crippen LogP contribution in [0.1, 0.15) is 24.2 Å². The minimum atomic E-state index is -1.03. The maximum Gasteiger partial charge on any atom is 0.332 e. The first-order valence-electron chi connectivity index (χ1n) is 8.70. The molecule has 3 rings (SSSR count). The van der Waals surface area contributed by atoms with Gasteiger partial charge < -0.3 is 10.7 Å². The summed E-state index contributed by atoms with van der Waals surface area (Å²) in [6.07, 6.45) is 0. The van der Waals surface area contributed by atoms with Gasteiger partial charge in [0.15, 0.2) is 22.6 Å². The van der Waals surface area contributed by atoms with Gasteiger partial charge in [0.1, 0.15) is 11.4 Å². The number of aromatic amines is 1. The Morgan fingerprint density at radius 3 is 2.59 bits per heavy atom. The lowest BCUT2D eigenvalue weighted by molar-refractivity contribution is 0.102. The van der Waals surface area contributed by atoms with Gasteiger partial charge in [-0.1, -0.05) is 25.6 Å². The van der Waals surface area contributed by atoms with Gasteiger partial charge in [0, 0.05) is 25.7 Å². The molecule has 2 aromatic heterocycles. The molecule has 0 aliphatic rings. The second-order valence-electron chi connectivity index (χ2n) is 6.95. The second-order valence-corrected chi connectivity index (χ2v) is 7.91. The van der Waals surface area contributed by atoms with Crippen molar-refractivity contribution in [2.24, 2.45) is 13.0 Å². The number of carbonyl (C=O) groups is 1. The number of imidazole rings is 1. The van der Waals surface area contributed by atoms with E-state index in [1.807, 2.05) is 13.8 Å². The van der Waals surface area contributed by atoms with Crippen LogP contribution in [-0.4, -0.2) is 30.6 Å². The molecule has 0 radical (unpaired) electrons. The molecule has 0 fully saturated rings. The Bertz CT molecular complexity index is 1190. The van der Waals surface area contributed by atoms with E-state index in [4.69, 9.17) is 5.73 Å². The quantitative estimate of drug-likeness (QED) is 0.462. The van der Waals surface area contributed by atoms with Crippen LogP contribution in [0.4, 0.5) is 14.6 Å². The predicted molar refractivity (Wildman–Crippen MR) is 106 cm³/mol. The van der Waals surface area contributed by atoms with Crippen molar-refractivity contribution in [1.29, 1.82) is 0 Å². The zero-order valence-electron chi connectivity index (χ0n) is 16.0. The van der Waals surface area contributed by atoms with E-state index in [-0.39, 0.29) is 45.8 Å². The van der Waals surface area contributed by atoms with Gasteiger partial charge in [0.2, 0.25) is 0 Å². The van der Waals surface area contributed by atoms with Crippen molar-refractivity contribution in [3.05, 3.63) is 50.2 Å². The average molecular weight is 423 g/mol. The van der Waals surface area contributed by atoms with Gasteiger partial charge in [-0.25, -0.2) is 18.6 Å². The number of nitrogens with two attached hydrogens (primary N) is 1. The van der Waals surface area contributed by atoms with Gasteiger partial charge in [-0.3, -0.25) is 18.7 Å². The Kier molecular flexibility index (Phi) is 5.60. The van der Waals surface area contributed by atoms with E-state index >= 15 is 0 Å². The van der Waals surface area contributed by atoms with E-state index in [2.05, 4.69) is 9.97 Å². The third kappa shape index (κ3) is 3.95. The van der Waals surface area contributed by atoms with Gasteiger partial charge in [-0.05, 0) is 5.92 Å². The molecular formula is C18H19F2N5O3S. The van der Waals surface area contributed by atoms with E-state index in [0.717, 1.165) is 28.5 Å². The molecule has 0 atom stereocenters. The molecule has 0 unspecified atom stereocenters. The number of fused-ring (bicyclic) bond motifs is 1. The number of thioether (sulfide) groups is 1. The molecule has 0 aliphatic heterocycles. The van der Waals surface area contributed by atoms with E-state index < -0.39 is 28.7 Å². The highest BCUT2D eigenvalue weighted by Gasteiger charge is 2.22. The molecule has 8 nitrogen and oxygen atoms in total. The van der Waals surface area contributed by atoms with Crippen molar-refractivity contribution in [1.82, 2.24) is 19.1 Å². The maximum absolute atomic E-state index is 13.3. The maximum atomic E-state index is 13.3. The van der Waals surface area contributed by atoms with Gasteiger partial charge in [0.25, 0.3) is 5.56 Å². The summed E-state index contributed by atoms with van der Waals surface area (Å²) in [7, 11) is 1.28. The van der Waals surface area contributed by atoms with Crippen LogP contribution in [0.25, 0.3) is 11.0 Å². The number of halogens is 2. The van der Waals surface area contributed by atoms with Crippen molar-refractivity contribution in [2.45, 2.75) is 25.5 Å². The highest BCUT2D eigenvalue weighted by molar-refractivity contribution is 7.99. The van der Waals surface area contributed by atoms with Crippen LogP contribution in [0.15, 0.2) is 26.9 Å². The van der Waals surface area contributed by atoms with Crippen LogP contribution >= 0.6 is 11.8 Å². The Balaban J connectivity index is 1.90. The largest absolute Gasteiger partial charge is 0.384 e. The number of nitrogens with zero attached hydrogens (tertiary/aromatic N) is 3. The molecule has 0 saturated carbocycles. The predicted octanol–water partition coefficient (Wildman–Crippen LogP) is 1.91. The van der Waals surface area contributed by atoms with Crippen molar-refractivity contribution in [3.63, 3.8) is 0 Å². The number of benzene rings is 1. The fourth-order valence-corrected chi connectivity index (χ4v) is 3.60. The first kappa shape index (κ1) is 20.8. The number of hydrogen-bond acceptors (Lipinski definition) is 6. The molecule has 0 spiro atoms. The molecule has 3 aromatic rings. The molecule has 11 heteroatoms. The van der Waals surface area contributed by atoms with Gasteiger partial charge in [0.05, 0.1) is 16.8 Å². The Morgan fingerprint density at radius 1 is 1.28 bits per heavy atom. The Labute approximate surface area is 167 Å². The third-order valence-electron chi connectivity index (χ3n) is 4.25. The summed E-state index contributed by atoms with van der Waals surface area (Å²) in [5.41, 5.74) is 4.83. The number of anilines is 1. The molecule has 0 bridgehead atoms. The number of hydrogen-bond donors (Lipinski definition) is 2. The van der Waals surface area contributed by atoms with Crippen molar-refractivity contribution >= 4 is 34.4 Å². The second kappa shape index (κ2) is 7.82. The molecular weight excluding hydrogens is 404 g/mol. The average Bonchev–Trinajstić information content (AvgIpc) is 3.03. The summed E-state index contributed by atoms with van der Waals surface area (Å²) in [6.45, 7) is 4.01. The van der Waals surface area contributed by atoms with E-state index in [1.165, 1.54) is 11.6 Å². The zero-order chi connectivity index (χ0) is 21.5. The number of rotatable bonds is 6. The first-order chi connectivity index (χ1) is 13.6. The smallest absolute Gasteiger partial charge is 0.332 e. The molecule has 2 heterocycles. The monoisotopic (exact) mass is 423 g/mol. The standard InChI is InChI=1S/C18H19F2N5O3S/c1-8(2)6-25-15(21)14(16(27)24(3)18(25)28)13(26)7-29-17-22-11-4-9(19)10(20)5-12(11)23-17/h4-5,8H,6-7,21H2,1-3H3,(H,22,23). The molecule has 29 heavy (non-hydrogen) atoms. The summed E-state index contributed by atoms with van der Waals surface area (Å²) >= 11 is 0.956. The number of ketones is 1. The van der Waals surface area contributed by atoms with Gasteiger partial charge >= 0.3 is 5.69 Å². The number of aromatic nitrogens is 4. The highest BCUT2D eigenvalue weighted by Crippen LogP contribution is 2.22. The highest BCUT2D eigenvalue weighted by atomic mass is 32.2. The summed E-state index contributed by atoms with van der Waals surface area (Å²) in [6, 6.07) is 1.92. The fraction of sp³-hybridized carbons (Fsp3) is 0.333. The van der Waals surface area contributed by atoms with Crippen LogP contribution in [0.2, 0.25) is 0 Å². The molecule has 0 saturated heterocycles. The van der Waals surface area contributed by atoms with Crippen LogP contribution in [0.5, 0.6) is 0 Å². The molecule has 0 aliphatic carbocycles. The van der Waals surface area contributed by atoms with Gasteiger partial charge in [-0.15, -0.1) is 0 Å². The molecule has 3 N–H and O–H groups in total. The van der Waals surface area contributed by atoms with Crippen LogP contribution < -0.4 is 17.0 Å². The normalized spacial score (nSPS) is 11.5. The minimum absolute atomic E-state index is 0.0705. The van der Waals surface area contributed by atoms with Crippen molar-refractivity contribution in [2.75, 3.05) is 11.5 Å². The number of Topliss-reactive ketones (excluding diaryl/α,β-unsaturated/α-hetero) is 1. The Morgan fingerprint density at radius 2 is 1.93 bits per heavy atom. The molecule has 1 aromatic carbocycles. The number of carbonyl (C=O) groups excluding carboxylic acids is 1. The lowest BCUT2D eigenvalue weighted by atomic mass is 10.2. The van der Waals surface area contributed by atoms with E-state index in [9.17, 15) is 23.2 Å². The van der Waals surface area contributed by atoms with Crippen molar-refractivity contribution in [3.8, 4) is 0 Å². The molecule has 0 amide bonds. The summed E-state index contributed by atoms with van der Waals surface area (Å²) in [4.78, 5) is 44.3. The topological polar surface area (TPSA) is 116 Å². The molecule has 154 valence electrons. The lowest BCUT2D eigenvalue weighted by Gasteiger charge is -2.15. The summed E-state index contributed by atoms with van der Waals surface area (Å²) in [5, 5.41) is 0.254. The number of nitrogens with one attached hydrogen (secondary N) is 1. The van der Waals surface area contributed by atoms with Crippen molar-refractivity contribution < 1.29 is 13.6 Å². The summed E-state index contributed by atoms with van der Waals surface area (Å²) in [5.74, 6) is -2.93. The van der Waals surface area contributed by atoms with Crippen LogP contribution in [0.3, 0.4) is 0 Å².